The topological polar surface area (TPSA) is 83.1 Å². The first kappa shape index (κ1) is 15.6. The van der Waals surface area contributed by atoms with E-state index in [0.717, 1.165) is 35.8 Å². The van der Waals surface area contributed by atoms with Crippen molar-refractivity contribution >= 4 is 22.8 Å². The lowest BCUT2D eigenvalue weighted by atomic mass is 10.3. The molecule has 0 atom stereocenters. The van der Waals surface area contributed by atoms with E-state index in [9.17, 15) is 4.79 Å². The van der Waals surface area contributed by atoms with Crippen LogP contribution in [0.5, 0.6) is 0 Å². The molecule has 0 spiro atoms. The highest BCUT2D eigenvalue weighted by Gasteiger charge is 2.15. The summed E-state index contributed by atoms with van der Waals surface area (Å²) >= 11 is 0. The van der Waals surface area contributed by atoms with Crippen molar-refractivity contribution in [2.75, 3.05) is 31.2 Å². The van der Waals surface area contributed by atoms with Gasteiger partial charge in [-0.25, -0.2) is 9.97 Å². The van der Waals surface area contributed by atoms with E-state index in [2.05, 4.69) is 25.2 Å². The highest BCUT2D eigenvalue weighted by Crippen LogP contribution is 2.14. The van der Waals surface area contributed by atoms with E-state index >= 15 is 0 Å². The van der Waals surface area contributed by atoms with E-state index in [0.29, 0.717) is 25.5 Å². The maximum Gasteiger partial charge on any atom is 0.270 e. The van der Waals surface area contributed by atoms with Crippen LogP contribution in [0.2, 0.25) is 0 Å². The van der Waals surface area contributed by atoms with Crippen LogP contribution in [-0.2, 0) is 11.3 Å². The normalized spacial score (nSPS) is 14.6. The smallest absolute Gasteiger partial charge is 0.270 e. The van der Waals surface area contributed by atoms with Gasteiger partial charge in [-0.15, -0.1) is 0 Å². The Balaban J connectivity index is 1.43. The molecule has 2 aromatic heterocycles. The number of amides is 1. The third kappa shape index (κ3) is 3.46. The molecule has 1 amide bonds. The lowest BCUT2D eigenvalue weighted by Crippen LogP contribution is -2.37. The molecule has 3 aromatic rings. The highest BCUT2D eigenvalue weighted by atomic mass is 16.5. The molecule has 1 aromatic carbocycles. The van der Waals surface area contributed by atoms with Gasteiger partial charge in [0.05, 0.1) is 30.8 Å². The SMILES string of the molecule is O=C(NCc1nc2ccccc2[nH]1)c1cccc(N2CCOCC2)n1. The Morgan fingerprint density at radius 1 is 1.12 bits per heavy atom. The minimum Gasteiger partial charge on any atom is -0.378 e. The van der Waals surface area contributed by atoms with Crippen LogP contribution in [0.4, 0.5) is 5.82 Å². The molecule has 4 rings (SSSR count). The number of hydrogen-bond donors (Lipinski definition) is 2. The van der Waals surface area contributed by atoms with Crippen LogP contribution < -0.4 is 10.2 Å². The summed E-state index contributed by atoms with van der Waals surface area (Å²) in [5, 5.41) is 2.87. The van der Waals surface area contributed by atoms with Gasteiger partial charge in [0.2, 0.25) is 0 Å². The number of morpholine rings is 1. The Morgan fingerprint density at radius 3 is 2.80 bits per heavy atom. The monoisotopic (exact) mass is 337 g/mol. The van der Waals surface area contributed by atoms with Crippen molar-refractivity contribution in [2.24, 2.45) is 0 Å². The van der Waals surface area contributed by atoms with Crippen molar-refractivity contribution in [3.63, 3.8) is 0 Å². The zero-order valence-corrected chi connectivity index (χ0v) is 13.7. The molecule has 128 valence electrons. The van der Waals surface area contributed by atoms with E-state index in [1.54, 1.807) is 6.07 Å². The first-order valence-electron chi connectivity index (χ1n) is 8.31. The second-order valence-corrected chi connectivity index (χ2v) is 5.86. The fraction of sp³-hybridized carbons (Fsp3) is 0.278. The van der Waals surface area contributed by atoms with Crippen LogP contribution in [-0.4, -0.2) is 47.2 Å². The van der Waals surface area contributed by atoms with Gasteiger partial charge in [-0.3, -0.25) is 4.79 Å². The van der Waals surface area contributed by atoms with Crippen LogP contribution in [0.15, 0.2) is 42.5 Å². The molecule has 25 heavy (non-hydrogen) atoms. The summed E-state index contributed by atoms with van der Waals surface area (Å²) in [4.78, 5) is 26.7. The fourth-order valence-corrected chi connectivity index (χ4v) is 2.86. The number of aromatic amines is 1. The Kier molecular flexibility index (Phi) is 4.30. The van der Waals surface area contributed by atoms with Gasteiger partial charge in [0.1, 0.15) is 17.3 Å². The number of ether oxygens (including phenoxy) is 1. The number of rotatable bonds is 4. The van der Waals surface area contributed by atoms with E-state index in [1.807, 2.05) is 36.4 Å². The maximum absolute atomic E-state index is 12.4. The first-order chi connectivity index (χ1) is 12.3. The summed E-state index contributed by atoms with van der Waals surface area (Å²) in [7, 11) is 0. The molecule has 0 aliphatic carbocycles. The molecule has 7 nitrogen and oxygen atoms in total. The van der Waals surface area contributed by atoms with Crippen molar-refractivity contribution in [1.29, 1.82) is 0 Å². The molecule has 7 heteroatoms. The lowest BCUT2D eigenvalue weighted by molar-refractivity contribution is 0.0945. The molecule has 1 aliphatic heterocycles. The van der Waals surface area contributed by atoms with Gasteiger partial charge in [-0.2, -0.15) is 0 Å². The molecule has 0 unspecified atom stereocenters. The number of anilines is 1. The van der Waals surface area contributed by atoms with Crippen LogP contribution in [0.1, 0.15) is 16.3 Å². The number of pyridine rings is 1. The predicted octanol–water partition coefficient (Wildman–Crippen LogP) is 1.72. The minimum absolute atomic E-state index is 0.212. The van der Waals surface area contributed by atoms with E-state index < -0.39 is 0 Å². The van der Waals surface area contributed by atoms with Gasteiger partial charge in [0, 0.05) is 13.1 Å². The lowest BCUT2D eigenvalue weighted by Gasteiger charge is -2.27. The molecule has 1 aliphatic rings. The Bertz CT molecular complexity index is 853. The minimum atomic E-state index is -0.212. The van der Waals surface area contributed by atoms with Gasteiger partial charge in [0.15, 0.2) is 0 Å². The molecule has 0 bridgehead atoms. The molecular weight excluding hydrogens is 318 g/mol. The number of hydrogen-bond acceptors (Lipinski definition) is 5. The van der Waals surface area contributed by atoms with Gasteiger partial charge in [-0.1, -0.05) is 18.2 Å². The summed E-state index contributed by atoms with van der Waals surface area (Å²) in [6.45, 7) is 3.28. The molecule has 1 fully saturated rings. The molecular formula is C18H19N5O2. The van der Waals surface area contributed by atoms with Crippen molar-refractivity contribution in [1.82, 2.24) is 20.3 Å². The fourth-order valence-electron chi connectivity index (χ4n) is 2.86. The van der Waals surface area contributed by atoms with Crippen LogP contribution >= 0.6 is 0 Å². The third-order valence-electron chi connectivity index (χ3n) is 4.16. The average Bonchev–Trinajstić information content (AvgIpc) is 3.10. The molecule has 0 saturated carbocycles. The summed E-state index contributed by atoms with van der Waals surface area (Å²) in [5.74, 6) is 1.31. The quantitative estimate of drug-likeness (QED) is 0.757. The second-order valence-electron chi connectivity index (χ2n) is 5.86. The van der Waals surface area contributed by atoms with E-state index in [1.165, 1.54) is 0 Å². The Labute approximate surface area is 145 Å². The first-order valence-corrected chi connectivity index (χ1v) is 8.31. The predicted molar refractivity (Wildman–Crippen MR) is 94.5 cm³/mol. The van der Waals surface area contributed by atoms with Crippen molar-refractivity contribution in [2.45, 2.75) is 6.54 Å². The summed E-state index contributed by atoms with van der Waals surface area (Å²) in [5.41, 5.74) is 2.25. The molecule has 3 heterocycles. The number of nitrogens with one attached hydrogen (secondary N) is 2. The second kappa shape index (κ2) is 6.90. The molecule has 0 radical (unpaired) electrons. The number of fused-ring (bicyclic) bond motifs is 1. The van der Waals surface area contributed by atoms with Gasteiger partial charge in [0.25, 0.3) is 5.91 Å². The number of carbonyl (C=O) groups excluding carboxylic acids is 1. The van der Waals surface area contributed by atoms with Crippen LogP contribution in [0.25, 0.3) is 11.0 Å². The molecule has 1 saturated heterocycles. The summed E-state index contributed by atoms with van der Waals surface area (Å²) < 4.78 is 5.35. The van der Waals surface area contributed by atoms with Crippen molar-refractivity contribution in [3.05, 3.63) is 54.0 Å². The number of carbonyl (C=O) groups is 1. The van der Waals surface area contributed by atoms with E-state index in [-0.39, 0.29) is 5.91 Å². The standard InChI is InChI=1S/C18H19N5O2/c24-18(19-12-16-20-13-4-1-2-5-14(13)21-16)15-6-3-7-17(22-15)23-8-10-25-11-9-23/h1-7H,8-12H2,(H,19,24)(H,20,21). The van der Waals surface area contributed by atoms with Gasteiger partial charge >= 0.3 is 0 Å². The summed E-state index contributed by atoms with van der Waals surface area (Å²) in [6.07, 6.45) is 0. The number of imidazole rings is 1. The molecule has 2 N–H and O–H groups in total. The maximum atomic E-state index is 12.4. The van der Waals surface area contributed by atoms with Crippen LogP contribution in [0, 0.1) is 0 Å². The van der Waals surface area contributed by atoms with Crippen molar-refractivity contribution in [3.8, 4) is 0 Å². The summed E-state index contributed by atoms with van der Waals surface area (Å²) in [6, 6.07) is 13.3. The Morgan fingerprint density at radius 2 is 1.96 bits per heavy atom. The number of nitrogens with zero attached hydrogens (tertiary/aromatic N) is 3. The average molecular weight is 337 g/mol. The van der Waals surface area contributed by atoms with Gasteiger partial charge in [-0.05, 0) is 24.3 Å². The number of para-hydroxylation sites is 2. The number of H-pyrrole nitrogens is 1. The third-order valence-corrected chi connectivity index (χ3v) is 4.16. The number of benzene rings is 1. The number of aromatic nitrogens is 3. The Hall–Kier alpha value is -2.93. The largest absolute Gasteiger partial charge is 0.378 e. The zero-order valence-electron chi connectivity index (χ0n) is 13.7. The zero-order chi connectivity index (χ0) is 17.1. The van der Waals surface area contributed by atoms with Crippen LogP contribution in [0.3, 0.4) is 0 Å². The highest BCUT2D eigenvalue weighted by molar-refractivity contribution is 5.92. The van der Waals surface area contributed by atoms with Crippen molar-refractivity contribution < 1.29 is 9.53 Å². The van der Waals surface area contributed by atoms with E-state index in [4.69, 9.17) is 4.74 Å². The van der Waals surface area contributed by atoms with Gasteiger partial charge < -0.3 is 19.9 Å².